The van der Waals surface area contributed by atoms with Crippen molar-refractivity contribution in [2.45, 2.75) is 17.8 Å². The molecule has 0 aliphatic carbocycles. The van der Waals surface area contributed by atoms with Crippen LogP contribution in [0.2, 0.25) is 0 Å². The maximum absolute atomic E-state index is 13.3. The van der Waals surface area contributed by atoms with Crippen LogP contribution in [0, 0.1) is 0 Å². The zero-order valence-corrected chi connectivity index (χ0v) is 24.1. The van der Waals surface area contributed by atoms with Crippen molar-refractivity contribution in [3.8, 4) is 11.5 Å². The fourth-order valence-electron chi connectivity index (χ4n) is 4.54. The minimum Gasteiger partial charge on any atom is -0.497 e. The summed E-state index contributed by atoms with van der Waals surface area (Å²) in [6, 6.07) is 15.1. The molecule has 0 atom stereocenters. The average Bonchev–Trinajstić information content (AvgIpc) is 2.97. The fraction of sp³-hybridized carbons (Fsp3) is 0.233. The number of nitrogens with two attached hydrogens (primary N) is 1. The number of nitrogens with zero attached hydrogens (tertiary/aromatic N) is 2. The van der Waals surface area contributed by atoms with Gasteiger partial charge in [-0.05, 0) is 47.5 Å². The van der Waals surface area contributed by atoms with E-state index >= 15 is 0 Å². The third-order valence-electron chi connectivity index (χ3n) is 6.72. The maximum atomic E-state index is 13.3. The summed E-state index contributed by atoms with van der Waals surface area (Å²) in [6.07, 6.45) is -0.575. The number of carbonyl (C=O) groups excluding carboxylic acids is 1. The third kappa shape index (κ3) is 8.08. The van der Waals surface area contributed by atoms with Crippen LogP contribution in [0.3, 0.4) is 0 Å². The van der Waals surface area contributed by atoms with Crippen molar-refractivity contribution in [2.24, 2.45) is 0 Å². The SMILES string of the molecule is C=C/C=C\c1cccc(S(=O)(=O)Nc2ccc(C(=O)N3CCN(Cc4ccc(OC)cc4)CC3)cc2OC(F)(F)F)c1N. The van der Waals surface area contributed by atoms with E-state index in [1.54, 1.807) is 25.3 Å². The molecule has 3 aromatic rings. The molecular weight excluding hydrogens is 585 g/mol. The van der Waals surface area contributed by atoms with E-state index in [4.69, 9.17) is 10.5 Å². The number of methoxy groups -OCH3 is 1. The third-order valence-corrected chi connectivity index (χ3v) is 8.15. The number of hydrogen-bond donors (Lipinski definition) is 2. The fourth-order valence-corrected chi connectivity index (χ4v) is 5.77. The number of halogens is 3. The first-order chi connectivity index (χ1) is 20.4. The predicted molar refractivity (Wildman–Crippen MR) is 158 cm³/mol. The quantitative estimate of drug-likeness (QED) is 0.240. The van der Waals surface area contributed by atoms with E-state index in [-0.39, 0.29) is 16.1 Å². The van der Waals surface area contributed by atoms with E-state index in [1.165, 1.54) is 29.2 Å². The van der Waals surface area contributed by atoms with Gasteiger partial charge < -0.3 is 20.1 Å². The summed E-state index contributed by atoms with van der Waals surface area (Å²) in [7, 11) is -2.86. The molecule has 0 radical (unpaired) electrons. The lowest BCUT2D eigenvalue weighted by molar-refractivity contribution is -0.274. The molecule has 0 unspecified atom stereocenters. The monoisotopic (exact) mass is 616 g/mol. The molecule has 1 aliphatic rings. The Bertz CT molecular complexity index is 1600. The van der Waals surface area contributed by atoms with Crippen LogP contribution >= 0.6 is 0 Å². The highest BCUT2D eigenvalue weighted by Crippen LogP contribution is 2.34. The second-order valence-corrected chi connectivity index (χ2v) is 11.3. The van der Waals surface area contributed by atoms with Crippen LogP contribution in [-0.2, 0) is 16.6 Å². The topological polar surface area (TPSA) is 114 Å². The number of nitrogen functional groups attached to an aromatic ring is 1. The normalized spacial score (nSPS) is 14.5. The zero-order chi connectivity index (χ0) is 31.2. The van der Waals surface area contributed by atoms with Gasteiger partial charge in [-0.3, -0.25) is 14.4 Å². The molecule has 13 heteroatoms. The highest BCUT2D eigenvalue weighted by Gasteiger charge is 2.34. The first kappa shape index (κ1) is 31.4. The summed E-state index contributed by atoms with van der Waals surface area (Å²) in [4.78, 5) is 16.6. The van der Waals surface area contributed by atoms with E-state index in [0.29, 0.717) is 38.3 Å². The molecule has 3 N–H and O–H groups in total. The average molecular weight is 617 g/mol. The van der Waals surface area contributed by atoms with Crippen LogP contribution in [0.5, 0.6) is 11.5 Å². The molecule has 0 bridgehead atoms. The van der Waals surface area contributed by atoms with Gasteiger partial charge in [-0.15, -0.1) is 13.2 Å². The number of piperazine rings is 1. The number of carbonyl (C=O) groups is 1. The molecule has 1 fully saturated rings. The number of benzene rings is 3. The van der Waals surface area contributed by atoms with Crippen LogP contribution in [0.15, 0.2) is 84.3 Å². The summed E-state index contributed by atoms with van der Waals surface area (Å²) in [5.41, 5.74) is 6.79. The number of allylic oxidation sites excluding steroid dienone is 2. The number of alkyl halides is 3. The number of amides is 1. The number of para-hydroxylation sites is 1. The molecule has 1 heterocycles. The first-order valence-corrected chi connectivity index (χ1v) is 14.6. The van der Waals surface area contributed by atoms with Crippen LogP contribution in [-0.4, -0.2) is 63.8 Å². The highest BCUT2D eigenvalue weighted by atomic mass is 32.2. The molecule has 1 saturated heterocycles. The molecule has 0 saturated carbocycles. The summed E-state index contributed by atoms with van der Waals surface area (Å²) >= 11 is 0. The van der Waals surface area contributed by atoms with Gasteiger partial charge in [0.1, 0.15) is 10.6 Å². The minimum absolute atomic E-state index is 0.0816. The van der Waals surface area contributed by atoms with Gasteiger partial charge in [0.25, 0.3) is 15.9 Å². The van der Waals surface area contributed by atoms with E-state index in [1.807, 2.05) is 24.3 Å². The van der Waals surface area contributed by atoms with Crippen LogP contribution < -0.4 is 19.9 Å². The predicted octanol–water partition coefficient (Wildman–Crippen LogP) is 5.13. The molecule has 228 valence electrons. The van der Waals surface area contributed by atoms with Crippen LogP contribution in [0.1, 0.15) is 21.5 Å². The summed E-state index contributed by atoms with van der Waals surface area (Å²) in [5, 5.41) is 0. The number of rotatable bonds is 10. The lowest BCUT2D eigenvalue weighted by atomic mass is 10.1. The highest BCUT2D eigenvalue weighted by molar-refractivity contribution is 7.92. The van der Waals surface area contributed by atoms with Gasteiger partial charge in [0.05, 0.1) is 18.5 Å². The van der Waals surface area contributed by atoms with E-state index in [9.17, 15) is 26.4 Å². The summed E-state index contributed by atoms with van der Waals surface area (Å²) in [6.45, 7) is 6.05. The van der Waals surface area contributed by atoms with Gasteiger partial charge in [-0.25, -0.2) is 8.42 Å². The van der Waals surface area contributed by atoms with Gasteiger partial charge in [-0.1, -0.05) is 49.1 Å². The maximum Gasteiger partial charge on any atom is 0.573 e. The molecule has 3 aromatic carbocycles. The molecule has 43 heavy (non-hydrogen) atoms. The van der Waals surface area contributed by atoms with Gasteiger partial charge in [0.15, 0.2) is 5.75 Å². The van der Waals surface area contributed by atoms with Crippen LogP contribution in [0.4, 0.5) is 24.5 Å². The molecule has 4 rings (SSSR count). The number of sulfonamides is 1. The number of ether oxygens (including phenoxy) is 2. The molecular formula is C30H31F3N4O5S. The van der Waals surface area contributed by atoms with Crippen molar-refractivity contribution >= 4 is 33.4 Å². The standard InChI is InChI=1S/C30H31F3N4O5S/c1-3-4-6-22-7-5-8-27(28(22)34)43(39,40)35-25-14-11-23(19-26(25)42-30(31,32)33)29(38)37-17-15-36(16-18-37)20-21-9-12-24(41-2)13-10-21/h3-14,19,35H,1,15-18,20,34H2,2H3/b6-4-. The zero-order valence-electron chi connectivity index (χ0n) is 23.3. The van der Waals surface area contributed by atoms with Crippen molar-refractivity contribution in [1.82, 2.24) is 9.80 Å². The van der Waals surface area contributed by atoms with Crippen molar-refractivity contribution < 1.29 is 35.9 Å². The molecule has 1 aliphatic heterocycles. The van der Waals surface area contributed by atoms with E-state index in [2.05, 4.69) is 20.9 Å². The molecule has 9 nitrogen and oxygen atoms in total. The van der Waals surface area contributed by atoms with Gasteiger partial charge in [-0.2, -0.15) is 0 Å². The Kier molecular flexibility index (Phi) is 9.66. The smallest absolute Gasteiger partial charge is 0.497 e. The Balaban J connectivity index is 1.51. The van der Waals surface area contributed by atoms with Gasteiger partial charge >= 0.3 is 6.36 Å². The minimum atomic E-state index is -5.15. The summed E-state index contributed by atoms with van der Waals surface area (Å²) in [5.74, 6) is -0.625. The Morgan fingerprint density at radius 3 is 2.40 bits per heavy atom. The van der Waals surface area contributed by atoms with Crippen molar-refractivity contribution in [1.29, 1.82) is 0 Å². The van der Waals surface area contributed by atoms with Gasteiger partial charge in [0, 0.05) is 38.3 Å². The number of hydrogen-bond acceptors (Lipinski definition) is 7. The Morgan fingerprint density at radius 1 is 1.07 bits per heavy atom. The molecule has 1 amide bonds. The Hall–Kier alpha value is -4.49. The van der Waals surface area contributed by atoms with Crippen molar-refractivity contribution in [3.63, 3.8) is 0 Å². The van der Waals surface area contributed by atoms with Crippen LogP contribution in [0.25, 0.3) is 6.08 Å². The lowest BCUT2D eigenvalue weighted by Crippen LogP contribution is -2.48. The van der Waals surface area contributed by atoms with Crippen molar-refractivity contribution in [2.75, 3.05) is 43.7 Å². The Morgan fingerprint density at radius 2 is 1.77 bits per heavy atom. The Labute approximate surface area is 248 Å². The largest absolute Gasteiger partial charge is 0.573 e. The first-order valence-electron chi connectivity index (χ1n) is 13.1. The second kappa shape index (κ2) is 13.2. The molecule has 0 spiro atoms. The lowest BCUT2D eigenvalue weighted by Gasteiger charge is -2.35. The number of nitrogens with one attached hydrogen (secondary N) is 1. The van der Waals surface area contributed by atoms with Crippen molar-refractivity contribution in [3.05, 3.63) is 96.1 Å². The molecule has 0 aromatic heterocycles. The summed E-state index contributed by atoms with van der Waals surface area (Å²) < 4.78 is 77.7. The van der Waals surface area contributed by atoms with E-state index in [0.717, 1.165) is 23.4 Å². The second-order valence-electron chi connectivity index (χ2n) is 9.63. The van der Waals surface area contributed by atoms with Gasteiger partial charge in [0.2, 0.25) is 0 Å². The van der Waals surface area contributed by atoms with E-state index < -0.39 is 33.7 Å². The number of anilines is 2.